The molecule has 0 aromatic heterocycles. The highest BCUT2D eigenvalue weighted by Crippen LogP contribution is 2.48. The Morgan fingerprint density at radius 2 is 2.26 bits per heavy atom. The molecule has 0 spiro atoms. The first kappa shape index (κ1) is 14.3. The second kappa shape index (κ2) is 5.90. The second-order valence-corrected chi connectivity index (χ2v) is 5.76. The number of hydrogen-bond acceptors (Lipinski definition) is 2. The molecule has 1 N–H and O–H groups in total. The Bertz CT molecular complexity index is 475. The average Bonchev–Trinajstić information content (AvgIpc) is 3.17. The lowest BCUT2D eigenvalue weighted by Gasteiger charge is -2.14. The van der Waals surface area contributed by atoms with Gasteiger partial charge in [-0.05, 0) is 42.9 Å². The molecule has 0 atom stereocenters. The molecule has 0 radical (unpaired) electrons. The van der Waals surface area contributed by atoms with Gasteiger partial charge in [-0.3, -0.25) is 4.79 Å². The Hall–Kier alpha value is -1.10. The van der Waals surface area contributed by atoms with E-state index in [4.69, 9.17) is 4.74 Å². The molecule has 1 amide bonds. The molecular formula is C14H17BrFNO2. The van der Waals surface area contributed by atoms with Crippen molar-refractivity contribution in [1.82, 2.24) is 5.32 Å². The highest BCUT2D eigenvalue weighted by atomic mass is 79.9. The lowest BCUT2D eigenvalue weighted by molar-refractivity contribution is 0.0944. The number of nitrogens with one attached hydrogen (secondary N) is 1. The number of alkyl halides is 1. The Kier molecular flexibility index (Phi) is 4.45. The molecule has 1 aliphatic rings. The van der Waals surface area contributed by atoms with Crippen LogP contribution in [0.4, 0.5) is 4.39 Å². The van der Waals surface area contributed by atoms with Gasteiger partial charge in [-0.2, -0.15) is 0 Å². The number of hydrogen-bond donors (Lipinski definition) is 1. The molecule has 0 unspecified atom stereocenters. The molecule has 104 valence electrons. The molecule has 0 bridgehead atoms. The van der Waals surface area contributed by atoms with Crippen molar-refractivity contribution in [3.8, 4) is 5.75 Å². The summed E-state index contributed by atoms with van der Waals surface area (Å²) in [5.41, 5.74) is 0.691. The summed E-state index contributed by atoms with van der Waals surface area (Å²) in [5, 5.41) is 3.87. The first-order valence-electron chi connectivity index (χ1n) is 6.28. The Labute approximate surface area is 120 Å². The molecule has 1 fully saturated rings. The van der Waals surface area contributed by atoms with Gasteiger partial charge in [0.25, 0.3) is 5.91 Å². The SMILES string of the molecule is COc1cc(C(=O)NCC2(CCBr)CC2)ccc1F. The van der Waals surface area contributed by atoms with Crippen LogP contribution in [0.3, 0.4) is 0 Å². The van der Waals surface area contributed by atoms with Gasteiger partial charge in [0.2, 0.25) is 0 Å². The van der Waals surface area contributed by atoms with Crippen molar-refractivity contribution >= 4 is 21.8 Å². The standard InChI is InChI=1S/C14H17BrFNO2/c1-19-12-8-10(2-3-11(12)16)13(18)17-9-14(4-5-14)6-7-15/h2-3,8H,4-7,9H2,1H3,(H,17,18). The number of benzene rings is 1. The summed E-state index contributed by atoms with van der Waals surface area (Å²) in [6.07, 6.45) is 3.39. The van der Waals surface area contributed by atoms with Crippen LogP contribution >= 0.6 is 15.9 Å². The summed E-state index contributed by atoms with van der Waals surface area (Å²) >= 11 is 3.43. The molecule has 0 aliphatic heterocycles. The maximum Gasteiger partial charge on any atom is 0.251 e. The van der Waals surface area contributed by atoms with E-state index in [2.05, 4.69) is 21.2 Å². The van der Waals surface area contributed by atoms with Crippen LogP contribution in [0.5, 0.6) is 5.75 Å². The zero-order valence-electron chi connectivity index (χ0n) is 10.8. The third-order valence-electron chi connectivity index (χ3n) is 3.62. The topological polar surface area (TPSA) is 38.3 Å². The number of amides is 1. The number of ether oxygens (including phenoxy) is 1. The third kappa shape index (κ3) is 3.47. The minimum atomic E-state index is -0.461. The Balaban J connectivity index is 1.96. The molecule has 1 aliphatic carbocycles. The number of carbonyl (C=O) groups is 1. The largest absolute Gasteiger partial charge is 0.494 e. The maximum atomic E-state index is 13.3. The van der Waals surface area contributed by atoms with Gasteiger partial charge >= 0.3 is 0 Å². The fraction of sp³-hybridized carbons (Fsp3) is 0.500. The highest BCUT2D eigenvalue weighted by molar-refractivity contribution is 9.09. The van der Waals surface area contributed by atoms with Crippen LogP contribution < -0.4 is 10.1 Å². The van der Waals surface area contributed by atoms with Gasteiger partial charge in [0.1, 0.15) is 0 Å². The minimum absolute atomic E-state index is 0.0919. The van der Waals surface area contributed by atoms with E-state index < -0.39 is 5.82 Å². The van der Waals surface area contributed by atoms with Crippen LogP contribution in [-0.4, -0.2) is 24.9 Å². The Morgan fingerprint density at radius 1 is 1.53 bits per heavy atom. The van der Waals surface area contributed by atoms with Crippen molar-refractivity contribution in [1.29, 1.82) is 0 Å². The number of carbonyl (C=O) groups excluding carboxylic acids is 1. The lowest BCUT2D eigenvalue weighted by Crippen LogP contribution is -2.30. The molecule has 1 aromatic rings. The fourth-order valence-corrected chi connectivity index (χ4v) is 2.90. The van der Waals surface area contributed by atoms with Gasteiger partial charge in [-0.25, -0.2) is 4.39 Å². The third-order valence-corrected chi connectivity index (χ3v) is 4.02. The van der Waals surface area contributed by atoms with Crippen molar-refractivity contribution < 1.29 is 13.9 Å². The fourth-order valence-electron chi connectivity index (χ4n) is 2.06. The van der Waals surface area contributed by atoms with Gasteiger partial charge < -0.3 is 10.1 Å². The van der Waals surface area contributed by atoms with Crippen LogP contribution in [-0.2, 0) is 0 Å². The summed E-state index contributed by atoms with van der Waals surface area (Å²) in [7, 11) is 1.38. The normalized spacial score (nSPS) is 15.9. The molecule has 2 rings (SSSR count). The first-order chi connectivity index (χ1) is 9.10. The quantitative estimate of drug-likeness (QED) is 0.814. The van der Waals surface area contributed by atoms with Crippen molar-refractivity contribution in [2.24, 2.45) is 5.41 Å². The van der Waals surface area contributed by atoms with E-state index in [0.717, 1.165) is 24.6 Å². The molecule has 1 saturated carbocycles. The molecule has 19 heavy (non-hydrogen) atoms. The minimum Gasteiger partial charge on any atom is -0.494 e. The summed E-state index contributed by atoms with van der Waals surface area (Å²) in [5.74, 6) is -0.551. The molecule has 0 heterocycles. The molecule has 5 heteroatoms. The number of methoxy groups -OCH3 is 1. The molecular weight excluding hydrogens is 313 g/mol. The lowest BCUT2D eigenvalue weighted by atomic mass is 10.0. The summed E-state index contributed by atoms with van der Waals surface area (Å²) in [4.78, 5) is 12.0. The first-order valence-corrected chi connectivity index (χ1v) is 7.40. The van der Waals surface area contributed by atoms with Gasteiger partial charge in [0.05, 0.1) is 7.11 Å². The monoisotopic (exact) mass is 329 g/mol. The van der Waals surface area contributed by atoms with Crippen LogP contribution in [0.1, 0.15) is 29.6 Å². The predicted molar refractivity (Wildman–Crippen MR) is 75.4 cm³/mol. The molecule has 0 saturated heterocycles. The van der Waals surface area contributed by atoms with Crippen LogP contribution in [0, 0.1) is 11.2 Å². The van der Waals surface area contributed by atoms with E-state index >= 15 is 0 Å². The van der Waals surface area contributed by atoms with Crippen LogP contribution in [0.25, 0.3) is 0 Å². The van der Waals surface area contributed by atoms with Crippen molar-refractivity contribution in [3.63, 3.8) is 0 Å². The van der Waals surface area contributed by atoms with Crippen molar-refractivity contribution in [3.05, 3.63) is 29.6 Å². The smallest absolute Gasteiger partial charge is 0.251 e. The Morgan fingerprint density at radius 3 is 2.84 bits per heavy atom. The maximum absolute atomic E-state index is 13.3. The number of halogens is 2. The van der Waals surface area contributed by atoms with E-state index in [1.165, 1.54) is 25.3 Å². The van der Waals surface area contributed by atoms with E-state index in [1.807, 2.05) is 0 Å². The summed E-state index contributed by atoms with van der Waals surface area (Å²) < 4.78 is 18.1. The van der Waals surface area contributed by atoms with Crippen LogP contribution in [0.15, 0.2) is 18.2 Å². The van der Waals surface area contributed by atoms with Gasteiger partial charge in [-0.15, -0.1) is 0 Å². The van der Waals surface area contributed by atoms with E-state index in [9.17, 15) is 9.18 Å². The summed E-state index contributed by atoms with van der Waals surface area (Å²) in [6.45, 7) is 0.678. The number of rotatable bonds is 6. The van der Waals surface area contributed by atoms with Crippen molar-refractivity contribution in [2.75, 3.05) is 19.0 Å². The van der Waals surface area contributed by atoms with E-state index in [-0.39, 0.29) is 17.1 Å². The van der Waals surface area contributed by atoms with Gasteiger partial charge in [0.15, 0.2) is 11.6 Å². The van der Waals surface area contributed by atoms with Crippen LogP contribution in [0.2, 0.25) is 0 Å². The summed E-state index contributed by atoms with van der Waals surface area (Å²) in [6, 6.07) is 4.14. The highest BCUT2D eigenvalue weighted by Gasteiger charge is 2.41. The predicted octanol–water partition coefficient (Wildman–Crippen LogP) is 3.13. The average molecular weight is 330 g/mol. The van der Waals surface area contributed by atoms with Crippen molar-refractivity contribution in [2.45, 2.75) is 19.3 Å². The zero-order chi connectivity index (χ0) is 13.9. The zero-order valence-corrected chi connectivity index (χ0v) is 12.4. The van der Waals surface area contributed by atoms with Gasteiger partial charge in [0, 0.05) is 17.4 Å². The second-order valence-electron chi connectivity index (χ2n) is 4.97. The van der Waals surface area contributed by atoms with E-state index in [0.29, 0.717) is 12.1 Å². The molecule has 1 aromatic carbocycles. The van der Waals surface area contributed by atoms with E-state index in [1.54, 1.807) is 0 Å². The van der Waals surface area contributed by atoms with Gasteiger partial charge in [-0.1, -0.05) is 15.9 Å². The molecule has 3 nitrogen and oxygen atoms in total.